The van der Waals surface area contributed by atoms with Crippen molar-refractivity contribution in [3.05, 3.63) is 59.2 Å². The molecule has 0 atom stereocenters. The second kappa shape index (κ2) is 3.71. The van der Waals surface area contributed by atoms with Crippen LogP contribution in [0.4, 0.5) is 0 Å². The highest BCUT2D eigenvalue weighted by Crippen LogP contribution is 2.50. The van der Waals surface area contributed by atoms with Crippen molar-refractivity contribution >= 4 is 0 Å². The molecule has 0 spiro atoms. The molecule has 0 fully saturated rings. The Hall–Kier alpha value is -1.56. The lowest BCUT2D eigenvalue weighted by Crippen LogP contribution is -2.14. The molecule has 3 rings (SSSR count). The summed E-state index contributed by atoms with van der Waals surface area (Å²) in [5.74, 6) is 0.164. The number of fused-ring (bicyclic) bond motifs is 3. The number of benzene rings is 2. The summed E-state index contributed by atoms with van der Waals surface area (Å²) in [6.45, 7) is -1.31. The Labute approximate surface area is 118 Å². The molecular formula is C18H20. The molecule has 0 bridgehead atoms. The molecule has 92 valence electrons. The van der Waals surface area contributed by atoms with E-state index in [1.807, 2.05) is 32.0 Å². The van der Waals surface area contributed by atoms with Gasteiger partial charge in [-0.15, -0.1) is 0 Å². The first-order valence-electron chi connectivity index (χ1n) is 9.26. The second-order valence-electron chi connectivity index (χ2n) is 5.22. The maximum atomic E-state index is 8.15. The van der Waals surface area contributed by atoms with E-state index in [0.717, 1.165) is 16.7 Å². The Kier molecular flexibility index (Phi) is 1.35. The van der Waals surface area contributed by atoms with Gasteiger partial charge in [0.2, 0.25) is 0 Å². The lowest BCUT2D eigenvalue weighted by atomic mass is 9.82. The minimum Gasteiger partial charge on any atom is -0.0619 e. The van der Waals surface area contributed by atoms with Crippen LogP contribution in [0, 0.1) is 0 Å². The Morgan fingerprint density at radius 3 is 2.39 bits per heavy atom. The van der Waals surface area contributed by atoms with Crippen LogP contribution < -0.4 is 0 Å². The van der Waals surface area contributed by atoms with Crippen LogP contribution in [0.15, 0.2) is 42.5 Å². The van der Waals surface area contributed by atoms with Crippen LogP contribution in [-0.2, 0) is 5.41 Å². The van der Waals surface area contributed by atoms with Gasteiger partial charge in [-0.3, -0.25) is 0 Å². The standard InChI is InChI=1S/C18H20/c1-12(2)13-9-7-11-16-17(13)14-8-5-6-10-15(14)18(16,3)4/h5-12H,1-4H3/i3D3,4D3. The van der Waals surface area contributed by atoms with Gasteiger partial charge in [-0.2, -0.15) is 0 Å². The summed E-state index contributed by atoms with van der Waals surface area (Å²) in [5.41, 5.74) is 1.27. The molecule has 0 aromatic heterocycles. The fraction of sp³-hybridized carbons (Fsp3) is 0.333. The van der Waals surface area contributed by atoms with E-state index in [2.05, 4.69) is 0 Å². The largest absolute Gasteiger partial charge is 0.0619 e. The van der Waals surface area contributed by atoms with Crippen LogP contribution in [0.3, 0.4) is 0 Å². The van der Waals surface area contributed by atoms with Gasteiger partial charge in [0.25, 0.3) is 0 Å². The zero-order valence-electron chi connectivity index (χ0n) is 16.6. The molecule has 2 aromatic rings. The molecule has 0 unspecified atom stereocenters. The summed E-state index contributed by atoms with van der Waals surface area (Å²) in [6, 6.07) is 12.4. The van der Waals surface area contributed by atoms with Gasteiger partial charge in [0, 0.05) is 13.6 Å². The van der Waals surface area contributed by atoms with E-state index >= 15 is 0 Å². The quantitative estimate of drug-likeness (QED) is 0.651. The lowest BCUT2D eigenvalue weighted by molar-refractivity contribution is 0.659. The van der Waals surface area contributed by atoms with Crippen LogP contribution in [0.2, 0.25) is 0 Å². The highest BCUT2D eigenvalue weighted by molar-refractivity contribution is 5.83. The zero-order chi connectivity index (χ0) is 17.9. The fourth-order valence-corrected chi connectivity index (χ4v) is 2.84. The topological polar surface area (TPSA) is 0 Å². The molecule has 18 heavy (non-hydrogen) atoms. The lowest BCUT2D eigenvalue weighted by Gasteiger charge is -2.21. The van der Waals surface area contributed by atoms with E-state index in [1.54, 1.807) is 24.3 Å². The van der Waals surface area contributed by atoms with Gasteiger partial charge >= 0.3 is 0 Å². The van der Waals surface area contributed by atoms with Crippen molar-refractivity contribution < 1.29 is 8.22 Å². The van der Waals surface area contributed by atoms with Gasteiger partial charge in [-0.25, -0.2) is 0 Å². The molecule has 0 N–H and O–H groups in total. The number of hydrogen-bond acceptors (Lipinski definition) is 0. The average molecular weight is 242 g/mol. The van der Waals surface area contributed by atoms with Gasteiger partial charge < -0.3 is 0 Å². The third-order valence-corrected chi connectivity index (χ3v) is 3.72. The third kappa shape index (κ3) is 1.38. The van der Waals surface area contributed by atoms with Crippen molar-refractivity contribution in [3.63, 3.8) is 0 Å². The van der Waals surface area contributed by atoms with Crippen molar-refractivity contribution in [1.29, 1.82) is 0 Å². The molecule has 1 aliphatic rings. The molecule has 0 saturated heterocycles. The fourth-order valence-electron chi connectivity index (χ4n) is 2.84. The first-order chi connectivity index (χ1) is 11.0. The summed E-state index contributed by atoms with van der Waals surface area (Å²) in [6.07, 6.45) is 0. The van der Waals surface area contributed by atoms with Gasteiger partial charge in [0.1, 0.15) is 0 Å². The molecule has 0 aliphatic heterocycles. The molecule has 0 heterocycles. The Bertz CT molecular complexity index is 769. The van der Waals surface area contributed by atoms with Gasteiger partial charge in [0.05, 0.1) is 0 Å². The first-order valence-corrected chi connectivity index (χ1v) is 6.26. The Morgan fingerprint density at radius 2 is 1.67 bits per heavy atom. The van der Waals surface area contributed by atoms with Crippen molar-refractivity contribution in [2.75, 3.05) is 0 Å². The van der Waals surface area contributed by atoms with Crippen LogP contribution in [0.5, 0.6) is 0 Å². The smallest absolute Gasteiger partial charge is 0.0243 e. The molecule has 1 aliphatic carbocycles. The third-order valence-electron chi connectivity index (χ3n) is 3.72. The molecule has 0 saturated carbocycles. The second-order valence-corrected chi connectivity index (χ2v) is 5.22. The Morgan fingerprint density at radius 1 is 0.944 bits per heavy atom. The van der Waals surface area contributed by atoms with Crippen molar-refractivity contribution in [3.8, 4) is 11.1 Å². The van der Waals surface area contributed by atoms with Crippen LogP contribution in [0.25, 0.3) is 11.1 Å². The monoisotopic (exact) mass is 242 g/mol. The summed E-state index contributed by atoms with van der Waals surface area (Å²) < 4.78 is 48.9. The highest BCUT2D eigenvalue weighted by Gasteiger charge is 2.36. The van der Waals surface area contributed by atoms with E-state index in [1.165, 1.54) is 0 Å². The zero-order valence-corrected chi connectivity index (χ0v) is 10.6. The summed E-state index contributed by atoms with van der Waals surface area (Å²) in [5, 5.41) is 0. The summed E-state index contributed by atoms with van der Waals surface area (Å²) >= 11 is 0. The van der Waals surface area contributed by atoms with Crippen molar-refractivity contribution in [2.45, 2.75) is 38.9 Å². The van der Waals surface area contributed by atoms with Crippen LogP contribution >= 0.6 is 0 Å². The van der Waals surface area contributed by atoms with Gasteiger partial charge in [0.15, 0.2) is 0 Å². The highest BCUT2D eigenvalue weighted by atomic mass is 14.4. The Balaban J connectivity index is 2.54. The molecule has 0 radical (unpaired) electrons. The predicted molar refractivity (Wildman–Crippen MR) is 78.1 cm³/mol. The average Bonchev–Trinajstić information content (AvgIpc) is 2.77. The van der Waals surface area contributed by atoms with E-state index < -0.39 is 19.1 Å². The predicted octanol–water partition coefficient (Wildman–Crippen LogP) is 5.12. The molecule has 2 aromatic carbocycles. The SMILES string of the molecule is [2H]C([2H])([2H])C1(C([2H])([2H])[2H])c2ccccc2-c2c(C(C)C)cccc21. The van der Waals surface area contributed by atoms with E-state index in [-0.39, 0.29) is 5.92 Å². The molecule has 0 nitrogen and oxygen atoms in total. The van der Waals surface area contributed by atoms with Gasteiger partial charge in [-0.1, -0.05) is 70.0 Å². The van der Waals surface area contributed by atoms with E-state index in [4.69, 9.17) is 8.22 Å². The minimum absolute atomic E-state index is 0.164. The minimum atomic E-state index is -2.69. The molecular weight excluding hydrogens is 216 g/mol. The summed E-state index contributed by atoms with van der Waals surface area (Å²) in [7, 11) is 0. The first kappa shape index (κ1) is 6.56. The van der Waals surface area contributed by atoms with Crippen molar-refractivity contribution in [1.82, 2.24) is 0 Å². The van der Waals surface area contributed by atoms with Crippen molar-refractivity contribution in [2.24, 2.45) is 0 Å². The maximum Gasteiger partial charge on any atom is 0.0243 e. The van der Waals surface area contributed by atoms with Crippen LogP contribution in [0.1, 0.15) is 58.4 Å². The number of rotatable bonds is 1. The van der Waals surface area contributed by atoms with Crippen LogP contribution in [-0.4, -0.2) is 0 Å². The molecule has 0 amide bonds. The summed E-state index contributed by atoms with van der Waals surface area (Å²) in [4.78, 5) is 0. The molecule has 0 heteroatoms. The van der Waals surface area contributed by atoms with E-state index in [0.29, 0.717) is 11.1 Å². The normalized spacial score (nSPS) is 21.9. The maximum absolute atomic E-state index is 8.15. The van der Waals surface area contributed by atoms with Gasteiger partial charge in [-0.05, 0) is 33.7 Å². The number of hydrogen-bond donors (Lipinski definition) is 0. The van der Waals surface area contributed by atoms with E-state index in [9.17, 15) is 0 Å².